The van der Waals surface area contributed by atoms with Gasteiger partial charge >= 0.3 is 0 Å². The maximum atomic E-state index is 5.33. The summed E-state index contributed by atoms with van der Waals surface area (Å²) in [6.45, 7) is 5.64. The van der Waals surface area contributed by atoms with E-state index < -0.39 is 0 Å². The van der Waals surface area contributed by atoms with Crippen LogP contribution < -0.4 is 5.32 Å². The Labute approximate surface area is 84.1 Å². The van der Waals surface area contributed by atoms with E-state index in [0.29, 0.717) is 5.92 Å². The highest BCUT2D eigenvalue weighted by Crippen LogP contribution is 2.22. The number of ether oxygens (including phenoxy) is 1. The zero-order chi connectivity index (χ0) is 9.80. The van der Waals surface area contributed by atoms with Gasteiger partial charge in [-0.2, -0.15) is 0 Å². The number of H-pyrrole nitrogens is 1. The molecule has 2 N–H and O–H groups in total. The fourth-order valence-corrected chi connectivity index (χ4v) is 1.68. The quantitative estimate of drug-likeness (QED) is 0.754. The molecule has 14 heavy (non-hydrogen) atoms. The van der Waals surface area contributed by atoms with Crippen molar-refractivity contribution in [3.05, 3.63) is 17.7 Å². The third kappa shape index (κ3) is 2.13. The third-order valence-corrected chi connectivity index (χ3v) is 2.53. The van der Waals surface area contributed by atoms with Crippen LogP contribution in [-0.2, 0) is 11.3 Å². The van der Waals surface area contributed by atoms with Crippen molar-refractivity contribution in [2.75, 3.05) is 19.8 Å². The molecule has 4 nitrogen and oxygen atoms in total. The summed E-state index contributed by atoms with van der Waals surface area (Å²) in [5.74, 6) is 1.56. The second-order valence-corrected chi connectivity index (χ2v) is 3.63. The van der Waals surface area contributed by atoms with Crippen LogP contribution in [0.25, 0.3) is 0 Å². The molecule has 1 saturated heterocycles. The number of rotatable bonds is 4. The molecular weight excluding hydrogens is 178 g/mol. The molecule has 1 fully saturated rings. The second kappa shape index (κ2) is 4.57. The summed E-state index contributed by atoms with van der Waals surface area (Å²) in [4.78, 5) is 7.71. The van der Waals surface area contributed by atoms with Gasteiger partial charge < -0.3 is 15.0 Å². The Morgan fingerprint density at radius 2 is 2.64 bits per heavy atom. The Balaban J connectivity index is 1.94. The normalized spacial score (nSPS) is 21.6. The molecule has 1 atom stereocenters. The lowest BCUT2D eigenvalue weighted by molar-refractivity contribution is 0.193. The van der Waals surface area contributed by atoms with Crippen LogP contribution in [0.5, 0.6) is 0 Å². The number of aromatic nitrogens is 2. The van der Waals surface area contributed by atoms with Crippen molar-refractivity contribution in [3.63, 3.8) is 0 Å². The van der Waals surface area contributed by atoms with Gasteiger partial charge in [-0.15, -0.1) is 0 Å². The van der Waals surface area contributed by atoms with Crippen LogP contribution in [0.3, 0.4) is 0 Å². The number of aromatic amines is 1. The highest BCUT2D eigenvalue weighted by molar-refractivity contribution is 5.06. The highest BCUT2D eigenvalue weighted by Gasteiger charge is 2.20. The zero-order valence-electron chi connectivity index (χ0n) is 8.55. The molecule has 0 spiro atoms. The van der Waals surface area contributed by atoms with E-state index in [2.05, 4.69) is 22.2 Å². The molecule has 0 bridgehead atoms. The zero-order valence-corrected chi connectivity index (χ0v) is 8.55. The lowest BCUT2D eigenvalue weighted by atomic mass is 10.1. The molecule has 0 aliphatic carbocycles. The molecule has 1 aromatic heterocycles. The van der Waals surface area contributed by atoms with Gasteiger partial charge in [0.05, 0.1) is 6.61 Å². The summed E-state index contributed by atoms with van der Waals surface area (Å²) < 4.78 is 5.33. The molecule has 78 valence electrons. The Morgan fingerprint density at radius 3 is 3.36 bits per heavy atom. The molecule has 2 heterocycles. The van der Waals surface area contributed by atoms with Crippen LogP contribution in [0.4, 0.5) is 0 Å². The largest absolute Gasteiger partial charge is 0.381 e. The van der Waals surface area contributed by atoms with Gasteiger partial charge in [0.15, 0.2) is 0 Å². The van der Waals surface area contributed by atoms with Gasteiger partial charge in [0.1, 0.15) is 5.82 Å². The number of hydrogen-bond donors (Lipinski definition) is 2. The predicted octanol–water partition coefficient (Wildman–Crippen LogP) is 1.02. The molecule has 1 aliphatic heterocycles. The summed E-state index contributed by atoms with van der Waals surface area (Å²) >= 11 is 0. The molecule has 0 radical (unpaired) electrons. The first-order valence-electron chi connectivity index (χ1n) is 5.22. The highest BCUT2D eigenvalue weighted by atomic mass is 16.5. The van der Waals surface area contributed by atoms with E-state index in [1.165, 1.54) is 0 Å². The molecule has 0 saturated carbocycles. The standard InChI is InChI=1S/C10H17N3O/c1-2-11-5-9-6-12-10(13-9)8-3-4-14-7-8/h6,8,11H,2-5,7H2,1H3,(H,12,13). The van der Waals surface area contributed by atoms with Crippen LogP contribution in [0.15, 0.2) is 6.20 Å². The third-order valence-electron chi connectivity index (χ3n) is 2.53. The summed E-state index contributed by atoms with van der Waals surface area (Å²) in [6.07, 6.45) is 3.00. The SMILES string of the molecule is CCNCc1cnc(C2CCOC2)[nH]1. The molecular formula is C10H17N3O. The number of hydrogen-bond acceptors (Lipinski definition) is 3. The van der Waals surface area contributed by atoms with Gasteiger partial charge in [-0.3, -0.25) is 0 Å². The topological polar surface area (TPSA) is 49.9 Å². The molecule has 1 unspecified atom stereocenters. The van der Waals surface area contributed by atoms with E-state index >= 15 is 0 Å². The maximum Gasteiger partial charge on any atom is 0.111 e. The predicted molar refractivity (Wildman–Crippen MR) is 54.1 cm³/mol. The van der Waals surface area contributed by atoms with E-state index in [-0.39, 0.29) is 0 Å². The van der Waals surface area contributed by atoms with E-state index in [0.717, 1.165) is 44.2 Å². The van der Waals surface area contributed by atoms with Gasteiger partial charge in [-0.05, 0) is 13.0 Å². The van der Waals surface area contributed by atoms with Crippen LogP contribution in [-0.4, -0.2) is 29.7 Å². The van der Waals surface area contributed by atoms with Crippen LogP contribution in [0.1, 0.15) is 30.8 Å². The number of nitrogens with zero attached hydrogens (tertiary/aromatic N) is 1. The van der Waals surface area contributed by atoms with Crippen molar-refractivity contribution in [2.24, 2.45) is 0 Å². The summed E-state index contributed by atoms with van der Waals surface area (Å²) in [5, 5.41) is 3.27. The Kier molecular flexibility index (Phi) is 3.16. The van der Waals surface area contributed by atoms with Crippen molar-refractivity contribution >= 4 is 0 Å². The molecule has 1 aromatic rings. The number of imidazole rings is 1. The van der Waals surface area contributed by atoms with Gasteiger partial charge in [0, 0.05) is 31.0 Å². The first-order chi connectivity index (χ1) is 6.90. The van der Waals surface area contributed by atoms with Gasteiger partial charge in [-0.25, -0.2) is 4.98 Å². The van der Waals surface area contributed by atoms with E-state index in [4.69, 9.17) is 4.74 Å². The average Bonchev–Trinajstić information content (AvgIpc) is 2.85. The average molecular weight is 195 g/mol. The molecule has 1 aliphatic rings. The lowest BCUT2D eigenvalue weighted by Crippen LogP contribution is -2.12. The van der Waals surface area contributed by atoms with Gasteiger partial charge in [0.2, 0.25) is 0 Å². The Hall–Kier alpha value is -0.870. The van der Waals surface area contributed by atoms with Crippen molar-refractivity contribution in [1.29, 1.82) is 0 Å². The maximum absolute atomic E-state index is 5.33. The van der Waals surface area contributed by atoms with Crippen molar-refractivity contribution in [1.82, 2.24) is 15.3 Å². The summed E-state index contributed by atoms with van der Waals surface area (Å²) in [5.41, 5.74) is 1.16. The van der Waals surface area contributed by atoms with Gasteiger partial charge in [0.25, 0.3) is 0 Å². The Morgan fingerprint density at radius 1 is 1.71 bits per heavy atom. The van der Waals surface area contributed by atoms with Crippen molar-refractivity contribution < 1.29 is 4.74 Å². The van der Waals surface area contributed by atoms with E-state index in [9.17, 15) is 0 Å². The molecule has 0 aromatic carbocycles. The smallest absolute Gasteiger partial charge is 0.111 e. The summed E-state index contributed by atoms with van der Waals surface area (Å²) in [6, 6.07) is 0. The first kappa shape index (κ1) is 9.68. The van der Waals surface area contributed by atoms with Gasteiger partial charge in [-0.1, -0.05) is 6.92 Å². The minimum Gasteiger partial charge on any atom is -0.381 e. The Bertz CT molecular complexity index is 279. The molecule has 0 amide bonds. The first-order valence-corrected chi connectivity index (χ1v) is 5.22. The van der Waals surface area contributed by atoms with E-state index in [1.54, 1.807) is 0 Å². The van der Waals surface area contributed by atoms with Crippen molar-refractivity contribution in [3.8, 4) is 0 Å². The minimum atomic E-state index is 0.477. The fourth-order valence-electron chi connectivity index (χ4n) is 1.68. The van der Waals surface area contributed by atoms with Crippen LogP contribution >= 0.6 is 0 Å². The molecule has 4 heteroatoms. The van der Waals surface area contributed by atoms with Crippen molar-refractivity contribution in [2.45, 2.75) is 25.8 Å². The van der Waals surface area contributed by atoms with Crippen LogP contribution in [0, 0.1) is 0 Å². The van der Waals surface area contributed by atoms with E-state index in [1.807, 2.05) is 6.20 Å². The minimum absolute atomic E-state index is 0.477. The fraction of sp³-hybridized carbons (Fsp3) is 0.700. The van der Waals surface area contributed by atoms with Crippen LogP contribution in [0.2, 0.25) is 0 Å². The number of nitrogens with one attached hydrogen (secondary N) is 2. The monoisotopic (exact) mass is 195 g/mol. The molecule has 2 rings (SSSR count). The summed E-state index contributed by atoms with van der Waals surface area (Å²) in [7, 11) is 0. The second-order valence-electron chi connectivity index (χ2n) is 3.63. The lowest BCUT2D eigenvalue weighted by Gasteiger charge is -2.02.